The van der Waals surface area contributed by atoms with Crippen molar-refractivity contribution in [3.63, 3.8) is 0 Å². The zero-order valence-electron chi connectivity index (χ0n) is 12.8. The fourth-order valence-corrected chi connectivity index (χ4v) is 2.95. The Balaban J connectivity index is 2.05. The molecule has 2 rings (SSSR count). The second-order valence-corrected chi connectivity index (χ2v) is 6.20. The molecule has 0 fully saturated rings. The average molecular weight is 307 g/mol. The van der Waals surface area contributed by atoms with Crippen LogP contribution in [0, 0.1) is 11.7 Å². The number of halogens is 1. The molecule has 1 aromatic heterocycles. The highest BCUT2D eigenvalue weighted by molar-refractivity contribution is 7.13. The summed E-state index contributed by atoms with van der Waals surface area (Å²) in [5, 5.41) is 6.42. The molecule has 0 unspecified atom stereocenters. The maximum absolute atomic E-state index is 13.0. The zero-order valence-corrected chi connectivity index (χ0v) is 13.6. The lowest BCUT2D eigenvalue weighted by Crippen LogP contribution is -2.19. The summed E-state index contributed by atoms with van der Waals surface area (Å²) in [6.45, 7) is 9.02. The molecule has 0 amide bonds. The van der Waals surface area contributed by atoms with Crippen LogP contribution in [0.1, 0.15) is 26.5 Å². The summed E-state index contributed by atoms with van der Waals surface area (Å²) >= 11 is 1.62. The number of hydrogen-bond acceptors (Lipinski definition) is 4. The van der Waals surface area contributed by atoms with Gasteiger partial charge in [0.15, 0.2) is 5.13 Å². The van der Waals surface area contributed by atoms with E-state index in [9.17, 15) is 4.39 Å². The lowest BCUT2D eigenvalue weighted by atomic mass is 10.2. The van der Waals surface area contributed by atoms with E-state index in [2.05, 4.69) is 41.4 Å². The molecule has 0 aliphatic heterocycles. The number of hydrogen-bond donors (Lipinski definition) is 1. The summed E-state index contributed by atoms with van der Waals surface area (Å²) in [6, 6.07) is 6.54. The molecular formula is C16H22FN3S. The average Bonchev–Trinajstić information content (AvgIpc) is 2.90. The third kappa shape index (κ3) is 4.51. The third-order valence-corrected chi connectivity index (χ3v) is 4.00. The normalized spacial score (nSPS) is 11.1. The molecule has 1 N–H and O–H groups in total. The van der Waals surface area contributed by atoms with Crippen molar-refractivity contribution in [3.05, 3.63) is 41.2 Å². The molecule has 1 heterocycles. The van der Waals surface area contributed by atoms with Gasteiger partial charge in [-0.25, -0.2) is 9.37 Å². The zero-order chi connectivity index (χ0) is 15.2. The van der Waals surface area contributed by atoms with Crippen LogP contribution in [0.4, 0.5) is 15.2 Å². The van der Waals surface area contributed by atoms with E-state index < -0.39 is 0 Å². The monoisotopic (exact) mass is 307 g/mol. The minimum absolute atomic E-state index is 0.215. The molecule has 0 aliphatic rings. The molecule has 21 heavy (non-hydrogen) atoms. The van der Waals surface area contributed by atoms with Gasteiger partial charge in [0.2, 0.25) is 0 Å². The Kier molecular flexibility index (Phi) is 5.70. The van der Waals surface area contributed by atoms with E-state index >= 15 is 0 Å². The summed E-state index contributed by atoms with van der Waals surface area (Å²) in [5.74, 6) is 0.418. The SMILES string of the molecule is CCN(c1ccc(F)cc1)c1nc(CNCC(C)C)cs1. The Bertz CT molecular complexity index is 551. The first-order valence-electron chi connectivity index (χ1n) is 7.28. The Morgan fingerprint density at radius 3 is 2.62 bits per heavy atom. The van der Waals surface area contributed by atoms with Crippen molar-refractivity contribution < 1.29 is 4.39 Å². The van der Waals surface area contributed by atoms with Crippen LogP contribution in [0.15, 0.2) is 29.6 Å². The fourth-order valence-electron chi connectivity index (χ4n) is 2.04. The molecule has 0 spiro atoms. The number of benzene rings is 1. The van der Waals surface area contributed by atoms with E-state index in [0.29, 0.717) is 5.92 Å². The fraction of sp³-hybridized carbons (Fsp3) is 0.438. The second-order valence-electron chi connectivity index (χ2n) is 5.37. The first-order chi connectivity index (χ1) is 10.1. The number of thiazole rings is 1. The van der Waals surface area contributed by atoms with Crippen molar-refractivity contribution in [2.75, 3.05) is 18.0 Å². The van der Waals surface area contributed by atoms with Crippen LogP contribution in [-0.2, 0) is 6.54 Å². The lowest BCUT2D eigenvalue weighted by molar-refractivity contribution is 0.549. The molecule has 0 saturated carbocycles. The molecule has 2 aromatic rings. The highest BCUT2D eigenvalue weighted by atomic mass is 32.1. The van der Waals surface area contributed by atoms with E-state index in [-0.39, 0.29) is 5.82 Å². The molecule has 3 nitrogen and oxygen atoms in total. The number of anilines is 2. The molecule has 1 aromatic carbocycles. The van der Waals surface area contributed by atoms with E-state index in [1.807, 2.05) is 0 Å². The van der Waals surface area contributed by atoms with Crippen molar-refractivity contribution in [2.45, 2.75) is 27.3 Å². The third-order valence-electron chi connectivity index (χ3n) is 3.08. The highest BCUT2D eigenvalue weighted by Gasteiger charge is 2.11. The summed E-state index contributed by atoms with van der Waals surface area (Å²) in [7, 11) is 0. The van der Waals surface area contributed by atoms with Gasteiger partial charge in [0, 0.05) is 24.2 Å². The Morgan fingerprint density at radius 2 is 2.00 bits per heavy atom. The minimum atomic E-state index is -0.215. The van der Waals surface area contributed by atoms with E-state index in [1.165, 1.54) is 12.1 Å². The van der Waals surface area contributed by atoms with E-state index in [1.54, 1.807) is 23.5 Å². The molecule has 0 radical (unpaired) electrons. The van der Waals surface area contributed by atoms with Crippen LogP contribution < -0.4 is 10.2 Å². The number of aromatic nitrogens is 1. The lowest BCUT2D eigenvalue weighted by Gasteiger charge is -2.19. The van der Waals surface area contributed by atoms with Crippen LogP contribution in [0.25, 0.3) is 0 Å². The van der Waals surface area contributed by atoms with Crippen LogP contribution >= 0.6 is 11.3 Å². The molecule has 0 saturated heterocycles. The summed E-state index contributed by atoms with van der Waals surface area (Å²) in [5.41, 5.74) is 2.02. The van der Waals surface area contributed by atoms with Crippen molar-refractivity contribution in [1.29, 1.82) is 0 Å². The standard InChI is InChI=1S/C16H22FN3S/c1-4-20(15-7-5-13(17)6-8-15)16-19-14(11-21-16)10-18-9-12(2)3/h5-8,11-12,18H,4,9-10H2,1-3H3. The Hall–Kier alpha value is -1.46. The van der Waals surface area contributed by atoms with Crippen LogP contribution in [-0.4, -0.2) is 18.1 Å². The predicted octanol–water partition coefficient (Wildman–Crippen LogP) is 4.19. The van der Waals surface area contributed by atoms with Gasteiger partial charge in [-0.3, -0.25) is 0 Å². The minimum Gasteiger partial charge on any atom is -0.318 e. The molecular weight excluding hydrogens is 285 g/mol. The van der Waals surface area contributed by atoms with Gasteiger partial charge in [-0.2, -0.15) is 0 Å². The Labute approximate surface area is 129 Å². The number of nitrogens with one attached hydrogen (secondary N) is 1. The summed E-state index contributed by atoms with van der Waals surface area (Å²) < 4.78 is 13.0. The van der Waals surface area contributed by atoms with Crippen LogP contribution in [0.3, 0.4) is 0 Å². The van der Waals surface area contributed by atoms with Crippen molar-refractivity contribution >= 4 is 22.2 Å². The van der Waals surface area contributed by atoms with Gasteiger partial charge in [0.1, 0.15) is 5.82 Å². The van der Waals surface area contributed by atoms with Gasteiger partial charge < -0.3 is 10.2 Å². The van der Waals surface area contributed by atoms with Gasteiger partial charge in [-0.15, -0.1) is 11.3 Å². The summed E-state index contributed by atoms with van der Waals surface area (Å²) in [6.07, 6.45) is 0. The maximum Gasteiger partial charge on any atom is 0.190 e. The quantitative estimate of drug-likeness (QED) is 0.831. The van der Waals surface area contributed by atoms with E-state index in [4.69, 9.17) is 0 Å². The van der Waals surface area contributed by atoms with Gasteiger partial charge in [0.05, 0.1) is 5.69 Å². The largest absolute Gasteiger partial charge is 0.318 e. The van der Waals surface area contributed by atoms with E-state index in [0.717, 1.165) is 36.1 Å². The predicted molar refractivity (Wildman–Crippen MR) is 87.7 cm³/mol. The van der Waals surface area contributed by atoms with Gasteiger partial charge in [-0.05, 0) is 43.7 Å². The Morgan fingerprint density at radius 1 is 1.29 bits per heavy atom. The molecule has 114 valence electrons. The van der Waals surface area contributed by atoms with Crippen LogP contribution in [0.2, 0.25) is 0 Å². The van der Waals surface area contributed by atoms with Crippen LogP contribution in [0.5, 0.6) is 0 Å². The highest BCUT2D eigenvalue weighted by Crippen LogP contribution is 2.28. The second kappa shape index (κ2) is 7.52. The molecule has 0 atom stereocenters. The van der Waals surface area contributed by atoms with Crippen molar-refractivity contribution in [3.8, 4) is 0 Å². The summed E-state index contributed by atoms with van der Waals surface area (Å²) in [4.78, 5) is 6.76. The first kappa shape index (κ1) is 15.9. The first-order valence-corrected chi connectivity index (χ1v) is 8.16. The van der Waals surface area contributed by atoms with Gasteiger partial charge in [-0.1, -0.05) is 13.8 Å². The van der Waals surface area contributed by atoms with Crippen molar-refractivity contribution in [1.82, 2.24) is 10.3 Å². The number of nitrogens with zero attached hydrogens (tertiary/aromatic N) is 2. The number of rotatable bonds is 7. The maximum atomic E-state index is 13.0. The topological polar surface area (TPSA) is 28.2 Å². The molecule has 0 aliphatic carbocycles. The molecule has 5 heteroatoms. The smallest absolute Gasteiger partial charge is 0.190 e. The van der Waals surface area contributed by atoms with Gasteiger partial charge >= 0.3 is 0 Å². The van der Waals surface area contributed by atoms with Crippen molar-refractivity contribution in [2.24, 2.45) is 5.92 Å². The molecule has 0 bridgehead atoms. The van der Waals surface area contributed by atoms with Gasteiger partial charge in [0.25, 0.3) is 0 Å².